The molecule has 0 aliphatic carbocycles. The summed E-state index contributed by atoms with van der Waals surface area (Å²) in [6, 6.07) is -0.958. The molecule has 3 N–H and O–H groups in total. The van der Waals surface area contributed by atoms with E-state index in [1.807, 2.05) is 0 Å². The smallest absolute Gasteiger partial charge is 0.327 e. The number of carbonyl (C=O) groups is 2. The van der Waals surface area contributed by atoms with Crippen molar-refractivity contribution in [1.29, 1.82) is 0 Å². The minimum Gasteiger partial charge on any atom is -0.480 e. The van der Waals surface area contributed by atoms with Crippen LogP contribution in [0.1, 0.15) is 12.5 Å². The van der Waals surface area contributed by atoms with Crippen LogP contribution >= 0.6 is 0 Å². The second-order valence-electron chi connectivity index (χ2n) is 2.53. The summed E-state index contributed by atoms with van der Waals surface area (Å²) in [7, 11) is 0. The highest BCUT2D eigenvalue weighted by molar-refractivity contribution is 5.82. The molecule has 0 saturated heterocycles. The number of hydrogen-bond acceptors (Lipinski definition) is 3. The second kappa shape index (κ2) is 3.70. The molecule has 1 unspecified atom stereocenters. The van der Waals surface area contributed by atoms with E-state index < -0.39 is 17.9 Å². The van der Waals surface area contributed by atoms with E-state index in [0.717, 1.165) is 0 Å². The Morgan fingerprint density at radius 1 is 1.62 bits per heavy atom. The van der Waals surface area contributed by atoms with Gasteiger partial charge in [0.05, 0.1) is 12.7 Å². The molecule has 1 aromatic heterocycles. The standard InChI is InChI=1S/C7H9N3O3/c8-6(11)3-5(7(12)13)10-2-1-9-4-10/h1-2,4-5H,3H2,(H2,8,11)(H,12,13). The van der Waals surface area contributed by atoms with Gasteiger partial charge in [-0.3, -0.25) is 4.79 Å². The molecule has 0 spiro atoms. The lowest BCUT2D eigenvalue weighted by Crippen LogP contribution is -2.24. The van der Waals surface area contributed by atoms with E-state index in [2.05, 4.69) is 4.98 Å². The molecule has 1 amide bonds. The van der Waals surface area contributed by atoms with Crippen LogP contribution in [0.2, 0.25) is 0 Å². The number of carboxylic acids is 1. The molecule has 1 heterocycles. The highest BCUT2D eigenvalue weighted by Gasteiger charge is 2.20. The predicted molar refractivity (Wildman–Crippen MR) is 42.7 cm³/mol. The summed E-state index contributed by atoms with van der Waals surface area (Å²) < 4.78 is 1.33. The highest BCUT2D eigenvalue weighted by atomic mass is 16.4. The van der Waals surface area contributed by atoms with E-state index in [4.69, 9.17) is 10.8 Å². The molecule has 1 aromatic rings. The van der Waals surface area contributed by atoms with Crippen LogP contribution in [0.25, 0.3) is 0 Å². The van der Waals surface area contributed by atoms with E-state index in [1.165, 1.54) is 23.3 Å². The molecule has 0 saturated carbocycles. The van der Waals surface area contributed by atoms with Gasteiger partial charge in [-0.1, -0.05) is 0 Å². The van der Waals surface area contributed by atoms with Crippen LogP contribution in [0, 0.1) is 0 Å². The van der Waals surface area contributed by atoms with Gasteiger partial charge in [0, 0.05) is 12.4 Å². The van der Waals surface area contributed by atoms with Crippen molar-refractivity contribution in [1.82, 2.24) is 9.55 Å². The molecule has 13 heavy (non-hydrogen) atoms. The molecule has 6 heteroatoms. The SMILES string of the molecule is NC(=O)CC(C(=O)O)n1ccnc1. The number of aliphatic carboxylic acids is 1. The molecule has 1 atom stereocenters. The van der Waals surface area contributed by atoms with Crippen molar-refractivity contribution in [3.63, 3.8) is 0 Å². The van der Waals surface area contributed by atoms with Gasteiger partial charge < -0.3 is 15.4 Å². The van der Waals surface area contributed by atoms with Crippen LogP contribution in [0.5, 0.6) is 0 Å². The van der Waals surface area contributed by atoms with Crippen molar-refractivity contribution in [3.8, 4) is 0 Å². The monoisotopic (exact) mass is 183 g/mol. The molecule has 0 aliphatic rings. The summed E-state index contributed by atoms with van der Waals surface area (Å²) in [6.45, 7) is 0. The lowest BCUT2D eigenvalue weighted by atomic mass is 10.2. The number of rotatable bonds is 4. The van der Waals surface area contributed by atoms with Gasteiger partial charge in [0.15, 0.2) is 0 Å². The minimum atomic E-state index is -1.10. The fourth-order valence-electron chi connectivity index (χ4n) is 0.965. The van der Waals surface area contributed by atoms with Crippen LogP contribution in [-0.2, 0) is 9.59 Å². The third-order valence-corrected chi connectivity index (χ3v) is 1.56. The number of imidazole rings is 1. The van der Waals surface area contributed by atoms with Crippen LogP contribution in [0.15, 0.2) is 18.7 Å². The average molecular weight is 183 g/mol. The van der Waals surface area contributed by atoms with Gasteiger partial charge >= 0.3 is 5.97 Å². The summed E-state index contributed by atoms with van der Waals surface area (Å²) in [5.41, 5.74) is 4.90. The zero-order valence-electron chi connectivity index (χ0n) is 6.75. The fourth-order valence-corrected chi connectivity index (χ4v) is 0.965. The molecule has 0 bridgehead atoms. The number of carboxylic acid groups (broad SMARTS) is 1. The zero-order valence-corrected chi connectivity index (χ0v) is 6.75. The van der Waals surface area contributed by atoms with E-state index in [0.29, 0.717) is 0 Å². The molecular formula is C7H9N3O3. The van der Waals surface area contributed by atoms with Crippen LogP contribution in [0.4, 0.5) is 0 Å². The quantitative estimate of drug-likeness (QED) is 0.650. The maximum atomic E-state index is 10.7. The Kier molecular flexibility index (Phi) is 2.63. The van der Waals surface area contributed by atoms with Gasteiger partial charge in [-0.05, 0) is 0 Å². The van der Waals surface area contributed by atoms with Crippen LogP contribution < -0.4 is 5.73 Å². The molecule has 0 aromatic carbocycles. The normalized spacial score (nSPS) is 12.3. The third-order valence-electron chi connectivity index (χ3n) is 1.56. The molecule has 0 aliphatic heterocycles. The molecule has 6 nitrogen and oxygen atoms in total. The van der Waals surface area contributed by atoms with Gasteiger partial charge in [-0.15, -0.1) is 0 Å². The van der Waals surface area contributed by atoms with E-state index in [-0.39, 0.29) is 6.42 Å². The Morgan fingerprint density at radius 3 is 2.69 bits per heavy atom. The number of nitrogens with zero attached hydrogens (tertiary/aromatic N) is 2. The van der Waals surface area contributed by atoms with Crippen molar-refractivity contribution in [3.05, 3.63) is 18.7 Å². The van der Waals surface area contributed by atoms with Gasteiger partial charge in [0.2, 0.25) is 5.91 Å². The molecule has 70 valence electrons. The summed E-state index contributed by atoms with van der Waals surface area (Å²) in [6.07, 6.45) is 4.02. The van der Waals surface area contributed by atoms with E-state index in [9.17, 15) is 9.59 Å². The number of nitrogens with two attached hydrogens (primary N) is 1. The molecular weight excluding hydrogens is 174 g/mol. The highest BCUT2D eigenvalue weighted by Crippen LogP contribution is 2.10. The largest absolute Gasteiger partial charge is 0.480 e. The van der Waals surface area contributed by atoms with Gasteiger partial charge in [-0.25, -0.2) is 9.78 Å². The fraction of sp³-hybridized carbons (Fsp3) is 0.286. The first-order valence-corrected chi connectivity index (χ1v) is 3.60. The lowest BCUT2D eigenvalue weighted by Gasteiger charge is -2.10. The Bertz CT molecular complexity index is 307. The maximum absolute atomic E-state index is 10.7. The number of hydrogen-bond donors (Lipinski definition) is 2. The van der Waals surface area contributed by atoms with Crippen molar-refractivity contribution in [2.75, 3.05) is 0 Å². The van der Waals surface area contributed by atoms with Crippen LogP contribution in [0.3, 0.4) is 0 Å². The van der Waals surface area contributed by atoms with E-state index in [1.54, 1.807) is 0 Å². The van der Waals surface area contributed by atoms with Gasteiger partial charge in [-0.2, -0.15) is 0 Å². The van der Waals surface area contributed by atoms with Crippen LogP contribution in [-0.4, -0.2) is 26.5 Å². The summed E-state index contributed by atoms with van der Waals surface area (Å²) in [5.74, 6) is -1.75. The average Bonchev–Trinajstić information content (AvgIpc) is 2.50. The predicted octanol–water partition coefficient (Wildman–Crippen LogP) is -0.616. The van der Waals surface area contributed by atoms with E-state index >= 15 is 0 Å². The Morgan fingerprint density at radius 2 is 2.31 bits per heavy atom. The van der Waals surface area contributed by atoms with Crippen molar-refractivity contribution in [2.24, 2.45) is 5.73 Å². The third kappa shape index (κ3) is 2.29. The molecule has 1 rings (SSSR count). The topological polar surface area (TPSA) is 98.2 Å². The number of carbonyl (C=O) groups excluding carboxylic acids is 1. The number of aromatic nitrogens is 2. The summed E-state index contributed by atoms with van der Waals surface area (Å²) in [5, 5.41) is 8.74. The first-order chi connectivity index (χ1) is 6.11. The van der Waals surface area contributed by atoms with Crippen molar-refractivity contribution < 1.29 is 14.7 Å². The second-order valence-corrected chi connectivity index (χ2v) is 2.53. The Balaban J connectivity index is 2.81. The van der Waals surface area contributed by atoms with Gasteiger partial charge in [0.1, 0.15) is 6.04 Å². The Hall–Kier alpha value is -1.85. The Labute approximate surface area is 74.0 Å². The maximum Gasteiger partial charge on any atom is 0.327 e. The molecule has 0 radical (unpaired) electrons. The summed E-state index contributed by atoms with van der Waals surface area (Å²) >= 11 is 0. The lowest BCUT2D eigenvalue weighted by molar-refractivity contribution is -0.142. The number of primary amides is 1. The van der Waals surface area contributed by atoms with Crippen molar-refractivity contribution >= 4 is 11.9 Å². The molecule has 0 fully saturated rings. The summed E-state index contributed by atoms with van der Waals surface area (Å²) in [4.78, 5) is 24.9. The first-order valence-electron chi connectivity index (χ1n) is 3.60. The van der Waals surface area contributed by atoms with Crippen molar-refractivity contribution in [2.45, 2.75) is 12.5 Å². The number of amides is 1. The minimum absolute atomic E-state index is 0.230. The first kappa shape index (κ1) is 9.24. The zero-order chi connectivity index (χ0) is 9.84. The van der Waals surface area contributed by atoms with Gasteiger partial charge in [0.25, 0.3) is 0 Å².